The Bertz CT molecular complexity index is 866. The predicted octanol–water partition coefficient (Wildman–Crippen LogP) is 0.927. The highest BCUT2D eigenvalue weighted by molar-refractivity contribution is 6.05. The van der Waals surface area contributed by atoms with Crippen LogP contribution in [0.4, 0.5) is 24.7 Å². The number of anilines is 2. The first-order valence-electron chi connectivity index (χ1n) is 6.18. The molecule has 1 aromatic heterocycles. The van der Waals surface area contributed by atoms with Gasteiger partial charge in [-0.25, -0.2) is 4.79 Å². The molecule has 0 saturated heterocycles. The third kappa shape index (κ3) is 3.25. The number of hydrogen-bond donors (Lipinski definition) is 3. The van der Waals surface area contributed by atoms with Gasteiger partial charge in [-0.15, -0.1) is 0 Å². The minimum atomic E-state index is -4.52. The van der Waals surface area contributed by atoms with Gasteiger partial charge in [-0.2, -0.15) is 13.2 Å². The maximum atomic E-state index is 12.5. The van der Waals surface area contributed by atoms with Gasteiger partial charge in [0.25, 0.3) is 11.5 Å². The van der Waals surface area contributed by atoms with Crippen molar-refractivity contribution in [3.63, 3.8) is 0 Å². The van der Waals surface area contributed by atoms with E-state index >= 15 is 0 Å². The van der Waals surface area contributed by atoms with Crippen molar-refractivity contribution in [2.75, 3.05) is 11.1 Å². The summed E-state index contributed by atoms with van der Waals surface area (Å²) < 4.78 is 38.1. The summed E-state index contributed by atoms with van der Waals surface area (Å²) >= 11 is 0. The van der Waals surface area contributed by atoms with Crippen LogP contribution in [-0.2, 0) is 13.2 Å². The highest BCUT2D eigenvalue weighted by atomic mass is 19.4. The molecule has 0 radical (unpaired) electrons. The number of nitrogens with two attached hydrogens (primary N) is 1. The van der Waals surface area contributed by atoms with Gasteiger partial charge in [-0.05, 0) is 24.3 Å². The zero-order chi connectivity index (χ0) is 17.4. The maximum Gasteiger partial charge on any atom is 0.416 e. The van der Waals surface area contributed by atoms with Crippen LogP contribution in [0.1, 0.15) is 15.9 Å². The first kappa shape index (κ1) is 16.3. The number of carbonyl (C=O) groups excluding carboxylic acids is 1. The Morgan fingerprint density at radius 1 is 1.22 bits per heavy atom. The fourth-order valence-electron chi connectivity index (χ4n) is 1.75. The Balaban J connectivity index is 2.32. The predicted molar refractivity (Wildman–Crippen MR) is 76.1 cm³/mol. The summed E-state index contributed by atoms with van der Waals surface area (Å²) in [6.45, 7) is 0. The topological polar surface area (TPSA) is 110 Å². The Morgan fingerprint density at radius 3 is 2.30 bits per heavy atom. The van der Waals surface area contributed by atoms with Gasteiger partial charge in [0.05, 0.1) is 5.56 Å². The lowest BCUT2D eigenvalue weighted by molar-refractivity contribution is -0.137. The molecule has 2 rings (SSSR count). The molecule has 7 nitrogen and oxygen atoms in total. The lowest BCUT2D eigenvalue weighted by atomic mass is 10.1. The zero-order valence-electron chi connectivity index (χ0n) is 11.7. The third-order valence-electron chi connectivity index (χ3n) is 3.05. The fraction of sp³-hybridized carbons (Fsp3) is 0.154. The lowest BCUT2D eigenvalue weighted by Crippen LogP contribution is -2.36. The first-order chi connectivity index (χ1) is 10.6. The van der Waals surface area contributed by atoms with Crippen LogP contribution in [0.25, 0.3) is 0 Å². The molecule has 10 heteroatoms. The molecule has 1 aromatic carbocycles. The van der Waals surface area contributed by atoms with Gasteiger partial charge in [0.1, 0.15) is 11.5 Å². The van der Waals surface area contributed by atoms with Crippen molar-refractivity contribution in [2.24, 2.45) is 7.05 Å². The van der Waals surface area contributed by atoms with Gasteiger partial charge in [-0.1, -0.05) is 0 Å². The number of nitrogens with zero attached hydrogens (tertiary/aromatic N) is 1. The summed E-state index contributed by atoms with van der Waals surface area (Å²) in [5, 5.41) is 2.17. The minimum Gasteiger partial charge on any atom is -0.383 e. The average molecular weight is 328 g/mol. The largest absolute Gasteiger partial charge is 0.416 e. The molecule has 0 aliphatic heterocycles. The molecule has 4 N–H and O–H groups in total. The monoisotopic (exact) mass is 328 g/mol. The Kier molecular flexibility index (Phi) is 4.00. The molecule has 0 saturated carbocycles. The van der Waals surface area contributed by atoms with Crippen LogP contribution in [0.3, 0.4) is 0 Å². The van der Waals surface area contributed by atoms with Crippen molar-refractivity contribution in [1.29, 1.82) is 0 Å². The van der Waals surface area contributed by atoms with Crippen LogP contribution in [0.2, 0.25) is 0 Å². The molecule has 0 atom stereocenters. The molecule has 122 valence electrons. The van der Waals surface area contributed by atoms with Crippen LogP contribution in [0.15, 0.2) is 33.9 Å². The van der Waals surface area contributed by atoms with E-state index in [-0.39, 0.29) is 17.1 Å². The van der Waals surface area contributed by atoms with E-state index in [9.17, 15) is 27.6 Å². The number of H-pyrrole nitrogens is 1. The van der Waals surface area contributed by atoms with Gasteiger partial charge in [-0.3, -0.25) is 19.1 Å². The van der Waals surface area contributed by atoms with Crippen LogP contribution < -0.4 is 22.3 Å². The summed E-state index contributed by atoms with van der Waals surface area (Å²) in [5.74, 6) is -1.19. The third-order valence-corrected chi connectivity index (χ3v) is 3.05. The summed E-state index contributed by atoms with van der Waals surface area (Å²) in [6.07, 6.45) is -4.52. The summed E-state index contributed by atoms with van der Waals surface area (Å²) in [5.41, 5.74) is 2.48. The van der Waals surface area contributed by atoms with Gasteiger partial charge in [0.15, 0.2) is 0 Å². The van der Waals surface area contributed by atoms with Gasteiger partial charge >= 0.3 is 11.9 Å². The number of nitrogen functional groups attached to an aromatic ring is 1. The van der Waals surface area contributed by atoms with Crippen LogP contribution >= 0.6 is 0 Å². The fourth-order valence-corrected chi connectivity index (χ4v) is 1.75. The lowest BCUT2D eigenvalue weighted by Gasteiger charge is -2.10. The number of nitrogens with one attached hydrogen (secondary N) is 2. The molecule has 0 spiro atoms. The van der Waals surface area contributed by atoms with E-state index in [4.69, 9.17) is 5.73 Å². The number of carbonyl (C=O) groups is 1. The van der Waals surface area contributed by atoms with Gasteiger partial charge < -0.3 is 11.1 Å². The molecule has 2 aromatic rings. The number of halogens is 3. The molecule has 0 fully saturated rings. The summed E-state index contributed by atoms with van der Waals surface area (Å²) in [4.78, 5) is 37.3. The number of alkyl halides is 3. The molecule has 0 unspecified atom stereocenters. The van der Waals surface area contributed by atoms with Gasteiger partial charge in [0.2, 0.25) is 0 Å². The van der Waals surface area contributed by atoms with E-state index in [1.807, 2.05) is 0 Å². The zero-order valence-corrected chi connectivity index (χ0v) is 11.7. The summed E-state index contributed by atoms with van der Waals surface area (Å²) in [7, 11) is 1.17. The van der Waals surface area contributed by atoms with E-state index in [1.54, 1.807) is 0 Å². The summed E-state index contributed by atoms with van der Waals surface area (Å²) in [6, 6.07) is 3.40. The molecule has 23 heavy (non-hydrogen) atoms. The van der Waals surface area contributed by atoms with Crippen molar-refractivity contribution in [1.82, 2.24) is 9.55 Å². The molecular weight excluding hydrogens is 317 g/mol. The van der Waals surface area contributed by atoms with Crippen molar-refractivity contribution in [3.8, 4) is 0 Å². The van der Waals surface area contributed by atoms with E-state index in [0.29, 0.717) is 4.57 Å². The van der Waals surface area contributed by atoms with Crippen molar-refractivity contribution in [3.05, 3.63) is 56.2 Å². The number of aromatic nitrogens is 2. The second-order valence-electron chi connectivity index (χ2n) is 4.61. The van der Waals surface area contributed by atoms with Crippen LogP contribution in [-0.4, -0.2) is 15.5 Å². The number of rotatable bonds is 2. The quantitative estimate of drug-likeness (QED) is 0.761. The maximum absolute atomic E-state index is 12.5. The highest BCUT2D eigenvalue weighted by Crippen LogP contribution is 2.29. The molecule has 0 aliphatic carbocycles. The number of aromatic amines is 1. The minimum absolute atomic E-state index is 0.106. The number of hydrogen-bond acceptors (Lipinski definition) is 4. The van der Waals surface area contributed by atoms with E-state index in [2.05, 4.69) is 10.3 Å². The number of amides is 1. The SMILES string of the molecule is Cn1c(=O)[nH]c(N)c(NC(=O)c2ccc(C(F)(F)F)cc2)c1=O. The Labute approximate surface area is 126 Å². The normalized spacial score (nSPS) is 11.3. The van der Waals surface area contributed by atoms with E-state index in [1.165, 1.54) is 7.05 Å². The Hall–Kier alpha value is -3.04. The average Bonchev–Trinajstić information content (AvgIpc) is 2.48. The van der Waals surface area contributed by atoms with Gasteiger partial charge in [0, 0.05) is 12.6 Å². The van der Waals surface area contributed by atoms with Crippen molar-refractivity contribution in [2.45, 2.75) is 6.18 Å². The molecule has 0 bridgehead atoms. The second-order valence-corrected chi connectivity index (χ2v) is 4.61. The second kappa shape index (κ2) is 5.63. The Morgan fingerprint density at radius 2 is 1.78 bits per heavy atom. The first-order valence-corrected chi connectivity index (χ1v) is 6.18. The molecule has 1 amide bonds. The highest BCUT2D eigenvalue weighted by Gasteiger charge is 2.30. The van der Waals surface area contributed by atoms with Crippen molar-refractivity contribution < 1.29 is 18.0 Å². The van der Waals surface area contributed by atoms with Crippen molar-refractivity contribution >= 4 is 17.4 Å². The van der Waals surface area contributed by atoms with Crippen LogP contribution in [0.5, 0.6) is 0 Å². The standard InChI is InChI=1S/C13H11F3N4O3/c1-20-11(22)8(9(17)19-12(20)23)18-10(21)6-2-4-7(5-3-6)13(14,15)16/h2-5H,17H2,1H3,(H,18,21)(H,19,23). The molecule has 0 aliphatic rings. The van der Waals surface area contributed by atoms with E-state index < -0.39 is 28.9 Å². The molecule has 1 heterocycles. The van der Waals surface area contributed by atoms with E-state index in [0.717, 1.165) is 24.3 Å². The molecular formula is C13H11F3N4O3. The van der Waals surface area contributed by atoms with Crippen LogP contribution in [0, 0.1) is 0 Å². The number of benzene rings is 1. The smallest absolute Gasteiger partial charge is 0.383 e.